The Hall–Kier alpha value is -1.67. The van der Waals surface area contributed by atoms with Gasteiger partial charge in [-0.3, -0.25) is 9.59 Å². The third kappa shape index (κ3) is 4.91. The normalized spacial score (nSPS) is 21.8. The lowest BCUT2D eigenvalue weighted by Gasteiger charge is -2.35. The van der Waals surface area contributed by atoms with E-state index in [1.165, 1.54) is 0 Å². The van der Waals surface area contributed by atoms with Crippen LogP contribution in [0.25, 0.3) is 0 Å². The molecular weight excluding hydrogens is 316 g/mol. The van der Waals surface area contributed by atoms with Crippen LogP contribution in [0.3, 0.4) is 0 Å². The van der Waals surface area contributed by atoms with Gasteiger partial charge in [0, 0.05) is 10.8 Å². The summed E-state index contributed by atoms with van der Waals surface area (Å²) in [4.78, 5) is 34.7. The van der Waals surface area contributed by atoms with Crippen molar-refractivity contribution in [2.45, 2.75) is 65.1 Å². The fourth-order valence-corrected chi connectivity index (χ4v) is 3.22. The van der Waals surface area contributed by atoms with Crippen molar-refractivity contribution in [1.29, 1.82) is 0 Å². The van der Waals surface area contributed by atoms with Crippen molar-refractivity contribution in [3.8, 4) is 0 Å². The number of rotatable bonds is 7. The number of aliphatic hydroxyl groups excluding tert-OH is 1. The van der Waals surface area contributed by atoms with Gasteiger partial charge in [-0.15, -0.1) is 0 Å². The number of amides is 1. The summed E-state index contributed by atoms with van der Waals surface area (Å²) in [6.45, 7) is 7.38. The zero-order valence-corrected chi connectivity index (χ0v) is 14.7. The van der Waals surface area contributed by atoms with E-state index in [-0.39, 0.29) is 16.9 Å². The number of carbonyl (C=O) groups is 3. The molecule has 0 bridgehead atoms. The zero-order chi connectivity index (χ0) is 18.7. The number of carboxylic acid groups (broad SMARTS) is 1. The minimum Gasteiger partial charge on any atom is -0.481 e. The van der Waals surface area contributed by atoms with Crippen molar-refractivity contribution < 1.29 is 29.3 Å². The van der Waals surface area contributed by atoms with Crippen molar-refractivity contribution >= 4 is 17.8 Å². The number of carbonyl (C=O) groups excluding carboxylic acids is 2. The van der Waals surface area contributed by atoms with Crippen LogP contribution in [0.1, 0.15) is 47.0 Å². The summed E-state index contributed by atoms with van der Waals surface area (Å²) in [5, 5.41) is 20.3. The molecule has 1 aliphatic carbocycles. The largest absolute Gasteiger partial charge is 0.481 e. The van der Waals surface area contributed by atoms with Gasteiger partial charge in [0.25, 0.3) is 0 Å². The first-order valence-electron chi connectivity index (χ1n) is 8.00. The van der Waals surface area contributed by atoms with Gasteiger partial charge in [-0.2, -0.15) is 0 Å². The zero-order valence-electron chi connectivity index (χ0n) is 14.7. The molecule has 1 fully saturated rings. The van der Waals surface area contributed by atoms with Crippen molar-refractivity contribution in [2.75, 3.05) is 6.61 Å². The van der Waals surface area contributed by atoms with Crippen molar-refractivity contribution in [2.24, 2.45) is 16.6 Å². The van der Waals surface area contributed by atoms with Gasteiger partial charge in [-0.1, -0.05) is 27.7 Å². The van der Waals surface area contributed by atoms with E-state index in [0.717, 1.165) is 12.8 Å². The van der Waals surface area contributed by atoms with Crippen LogP contribution in [0.4, 0.5) is 0 Å². The van der Waals surface area contributed by atoms with Gasteiger partial charge in [0.2, 0.25) is 5.91 Å². The lowest BCUT2D eigenvalue weighted by atomic mass is 9.81. The first-order chi connectivity index (χ1) is 10.9. The molecule has 0 radical (unpaired) electrons. The molecule has 0 aromatic rings. The molecule has 1 aliphatic rings. The van der Waals surface area contributed by atoms with Gasteiger partial charge in [0.1, 0.15) is 6.10 Å². The number of nitrogens with one attached hydrogen (secondary N) is 1. The number of carboxylic acids is 1. The molecule has 1 rings (SSSR count). The third-order valence-electron chi connectivity index (χ3n) is 4.58. The average molecular weight is 344 g/mol. The van der Waals surface area contributed by atoms with Crippen molar-refractivity contribution in [1.82, 2.24) is 5.32 Å². The van der Waals surface area contributed by atoms with Crippen LogP contribution in [0.15, 0.2) is 0 Å². The maximum atomic E-state index is 12.3. The second-order valence-corrected chi connectivity index (χ2v) is 7.74. The lowest BCUT2D eigenvalue weighted by molar-refractivity contribution is -0.164. The number of hydrogen-bond acceptors (Lipinski definition) is 6. The monoisotopic (exact) mass is 344 g/mol. The predicted octanol–water partition coefficient (Wildman–Crippen LogP) is 0.0235. The molecular formula is C16H28N2O6. The number of ether oxygens (including phenoxy) is 1. The van der Waals surface area contributed by atoms with Gasteiger partial charge in [0.05, 0.1) is 19.1 Å². The number of nitrogens with two attached hydrogens (primary N) is 1. The minimum atomic E-state index is -1.30. The third-order valence-corrected chi connectivity index (χ3v) is 4.58. The van der Waals surface area contributed by atoms with Crippen LogP contribution in [-0.4, -0.2) is 52.9 Å². The molecule has 2 atom stereocenters. The van der Waals surface area contributed by atoms with E-state index in [4.69, 9.17) is 15.6 Å². The van der Waals surface area contributed by atoms with Gasteiger partial charge >= 0.3 is 11.9 Å². The van der Waals surface area contributed by atoms with E-state index < -0.39 is 43.0 Å². The van der Waals surface area contributed by atoms with E-state index in [0.29, 0.717) is 0 Å². The summed E-state index contributed by atoms with van der Waals surface area (Å²) in [7, 11) is 0. The van der Waals surface area contributed by atoms with Gasteiger partial charge in [0.15, 0.2) is 6.04 Å². The van der Waals surface area contributed by atoms with Crippen LogP contribution < -0.4 is 11.1 Å². The highest BCUT2D eigenvalue weighted by atomic mass is 16.5. The van der Waals surface area contributed by atoms with Gasteiger partial charge < -0.3 is 26.0 Å². The van der Waals surface area contributed by atoms with Gasteiger partial charge in [-0.05, 0) is 12.8 Å². The van der Waals surface area contributed by atoms with Crippen molar-refractivity contribution in [3.05, 3.63) is 0 Å². The van der Waals surface area contributed by atoms with E-state index >= 15 is 0 Å². The average Bonchev–Trinajstić information content (AvgIpc) is 2.66. The highest BCUT2D eigenvalue weighted by Crippen LogP contribution is 2.50. The summed E-state index contributed by atoms with van der Waals surface area (Å²) >= 11 is 0. The second-order valence-electron chi connectivity index (χ2n) is 7.74. The van der Waals surface area contributed by atoms with Crippen LogP contribution in [0, 0.1) is 10.8 Å². The van der Waals surface area contributed by atoms with Crippen LogP contribution in [0.5, 0.6) is 0 Å². The summed E-state index contributed by atoms with van der Waals surface area (Å²) in [5.74, 6) is -2.80. The molecule has 0 heterocycles. The first-order valence-corrected chi connectivity index (χ1v) is 8.00. The van der Waals surface area contributed by atoms with Crippen molar-refractivity contribution in [3.63, 3.8) is 0 Å². The highest BCUT2D eigenvalue weighted by Gasteiger charge is 2.50. The van der Waals surface area contributed by atoms with Crippen LogP contribution >= 0.6 is 0 Å². The Morgan fingerprint density at radius 2 is 1.71 bits per heavy atom. The Labute approximate surface area is 141 Å². The molecule has 0 saturated heterocycles. The molecule has 8 nitrogen and oxygen atoms in total. The van der Waals surface area contributed by atoms with Crippen LogP contribution in [-0.2, 0) is 19.1 Å². The van der Waals surface area contributed by atoms with E-state index in [2.05, 4.69) is 5.32 Å². The highest BCUT2D eigenvalue weighted by molar-refractivity contribution is 5.89. The van der Waals surface area contributed by atoms with E-state index in [1.807, 2.05) is 27.7 Å². The summed E-state index contributed by atoms with van der Waals surface area (Å²) in [6.07, 6.45) is 0.882. The number of hydrogen-bond donors (Lipinski definition) is 4. The first kappa shape index (κ1) is 20.4. The molecule has 1 saturated carbocycles. The molecule has 0 spiro atoms. The molecule has 0 aromatic heterocycles. The Bertz CT molecular complexity index is 487. The topological polar surface area (TPSA) is 139 Å². The molecule has 0 unspecified atom stereocenters. The maximum absolute atomic E-state index is 12.3. The Balaban J connectivity index is 2.73. The summed E-state index contributed by atoms with van der Waals surface area (Å²) < 4.78 is 5.59. The molecule has 24 heavy (non-hydrogen) atoms. The quantitative estimate of drug-likeness (QED) is 0.478. The second kappa shape index (κ2) is 7.48. The van der Waals surface area contributed by atoms with Gasteiger partial charge in [-0.25, -0.2) is 4.79 Å². The molecule has 0 aromatic carbocycles. The summed E-state index contributed by atoms with van der Waals surface area (Å²) in [6, 6.07) is -2.58. The molecule has 138 valence electrons. The Kier molecular flexibility index (Phi) is 6.35. The smallest absolute Gasteiger partial charge is 0.331 e. The maximum Gasteiger partial charge on any atom is 0.331 e. The fourth-order valence-electron chi connectivity index (χ4n) is 3.22. The molecule has 1 amide bonds. The number of aliphatic hydroxyl groups is 1. The lowest BCUT2D eigenvalue weighted by Crippen LogP contribution is -2.52. The predicted molar refractivity (Wildman–Crippen MR) is 85.9 cm³/mol. The fraction of sp³-hybridized carbons (Fsp3) is 0.812. The number of aliphatic carboxylic acids is 1. The van der Waals surface area contributed by atoms with E-state index in [1.54, 1.807) is 0 Å². The standard InChI is InChI=1S/C16H28N2O6/c1-15(2)5-6-16(3,4)14(15)24-13(23)10(8-19)18-12(22)9(17)7-11(20)21/h9-10,14,19H,5-8,17H2,1-4H3,(H,18,22)(H,20,21)/t9-,10-/m0/s1. The molecule has 0 aliphatic heterocycles. The van der Waals surface area contributed by atoms with E-state index in [9.17, 15) is 19.5 Å². The SMILES string of the molecule is CC1(C)CCC(C)(C)C1OC(=O)[C@H](CO)NC(=O)[C@@H](N)CC(=O)O. The van der Waals surface area contributed by atoms with Crippen LogP contribution in [0.2, 0.25) is 0 Å². The summed E-state index contributed by atoms with van der Waals surface area (Å²) in [5.41, 5.74) is 5.03. The number of esters is 1. The minimum absolute atomic E-state index is 0.205. The Morgan fingerprint density at radius 3 is 2.12 bits per heavy atom. The molecule has 5 N–H and O–H groups in total. The Morgan fingerprint density at radius 1 is 1.21 bits per heavy atom. The molecule has 8 heteroatoms.